The highest BCUT2D eigenvalue weighted by atomic mass is 16.7. The van der Waals surface area contributed by atoms with Crippen molar-refractivity contribution >= 4 is 5.78 Å². The first kappa shape index (κ1) is 16.0. The van der Waals surface area contributed by atoms with Gasteiger partial charge < -0.3 is 14.6 Å². The summed E-state index contributed by atoms with van der Waals surface area (Å²) in [4.78, 5) is 11.9. The summed E-state index contributed by atoms with van der Waals surface area (Å²) >= 11 is 0. The first-order chi connectivity index (χ1) is 10.9. The van der Waals surface area contributed by atoms with Crippen LogP contribution in [0.3, 0.4) is 0 Å². The van der Waals surface area contributed by atoms with E-state index in [1.54, 1.807) is 7.11 Å². The molecule has 8 unspecified atom stereocenters. The first-order valence-corrected chi connectivity index (χ1v) is 9.28. The molecule has 23 heavy (non-hydrogen) atoms. The van der Waals surface area contributed by atoms with Crippen LogP contribution in [-0.4, -0.2) is 36.5 Å². The molecule has 0 amide bonds. The molecule has 4 rings (SSSR count). The number of aliphatic hydroxyl groups excluding tert-OH is 1. The van der Waals surface area contributed by atoms with Crippen LogP contribution in [-0.2, 0) is 14.3 Å². The summed E-state index contributed by atoms with van der Waals surface area (Å²) in [7, 11) is 1.73. The van der Waals surface area contributed by atoms with Gasteiger partial charge in [-0.2, -0.15) is 0 Å². The van der Waals surface area contributed by atoms with Crippen molar-refractivity contribution in [2.24, 2.45) is 28.6 Å². The van der Waals surface area contributed by atoms with Gasteiger partial charge >= 0.3 is 0 Å². The van der Waals surface area contributed by atoms with E-state index in [9.17, 15) is 9.90 Å². The fourth-order valence-electron chi connectivity index (χ4n) is 6.52. The molecule has 0 aromatic carbocycles. The van der Waals surface area contributed by atoms with E-state index in [1.807, 2.05) is 0 Å². The SMILES string of the molecule is COC1OC2CC(=O)CCC2(C)C2CCC3(C)C(O)CCC3C12. The van der Waals surface area contributed by atoms with E-state index >= 15 is 0 Å². The lowest BCUT2D eigenvalue weighted by atomic mass is 9.50. The van der Waals surface area contributed by atoms with Crippen molar-refractivity contribution in [3.8, 4) is 0 Å². The molecule has 4 fully saturated rings. The zero-order valence-electron chi connectivity index (χ0n) is 14.6. The lowest BCUT2D eigenvalue weighted by Gasteiger charge is -2.61. The van der Waals surface area contributed by atoms with Gasteiger partial charge in [-0.15, -0.1) is 0 Å². The van der Waals surface area contributed by atoms with E-state index in [0.29, 0.717) is 36.4 Å². The first-order valence-electron chi connectivity index (χ1n) is 9.28. The highest BCUT2D eigenvalue weighted by Gasteiger charge is 2.63. The Labute approximate surface area is 138 Å². The molecule has 1 heterocycles. The van der Waals surface area contributed by atoms with E-state index in [4.69, 9.17) is 9.47 Å². The molecule has 3 aliphatic carbocycles. The topological polar surface area (TPSA) is 55.8 Å². The van der Waals surface area contributed by atoms with Crippen LogP contribution in [0.1, 0.15) is 58.8 Å². The van der Waals surface area contributed by atoms with Gasteiger partial charge in [-0.1, -0.05) is 13.8 Å². The van der Waals surface area contributed by atoms with Crippen molar-refractivity contribution < 1.29 is 19.4 Å². The smallest absolute Gasteiger partial charge is 0.160 e. The lowest BCUT2D eigenvalue weighted by molar-refractivity contribution is -0.301. The van der Waals surface area contributed by atoms with Gasteiger partial charge in [0.05, 0.1) is 12.2 Å². The Morgan fingerprint density at radius 3 is 2.61 bits per heavy atom. The Morgan fingerprint density at radius 1 is 1.13 bits per heavy atom. The van der Waals surface area contributed by atoms with Crippen LogP contribution < -0.4 is 0 Å². The molecule has 4 heteroatoms. The monoisotopic (exact) mass is 322 g/mol. The van der Waals surface area contributed by atoms with Crippen LogP contribution in [0.5, 0.6) is 0 Å². The highest BCUT2D eigenvalue weighted by molar-refractivity contribution is 5.80. The number of carbonyl (C=O) groups excluding carboxylic acids is 1. The molecule has 0 radical (unpaired) electrons. The fourth-order valence-corrected chi connectivity index (χ4v) is 6.52. The second-order valence-electron chi connectivity index (χ2n) is 8.91. The number of rotatable bonds is 1. The average molecular weight is 322 g/mol. The van der Waals surface area contributed by atoms with Crippen molar-refractivity contribution in [2.75, 3.05) is 7.11 Å². The molecule has 130 valence electrons. The Hall–Kier alpha value is -0.450. The average Bonchev–Trinajstić information content (AvgIpc) is 2.83. The van der Waals surface area contributed by atoms with Crippen molar-refractivity contribution in [2.45, 2.75) is 77.3 Å². The molecule has 1 N–H and O–H groups in total. The minimum Gasteiger partial charge on any atom is -0.393 e. The molecule has 4 nitrogen and oxygen atoms in total. The second kappa shape index (κ2) is 5.27. The Balaban J connectivity index is 1.70. The molecule has 8 atom stereocenters. The summed E-state index contributed by atoms with van der Waals surface area (Å²) in [5.74, 6) is 1.70. The third-order valence-corrected chi connectivity index (χ3v) is 8.07. The number of ketones is 1. The van der Waals surface area contributed by atoms with Crippen molar-refractivity contribution in [3.63, 3.8) is 0 Å². The Morgan fingerprint density at radius 2 is 1.87 bits per heavy atom. The molecule has 0 bridgehead atoms. The fraction of sp³-hybridized carbons (Fsp3) is 0.947. The van der Waals surface area contributed by atoms with Gasteiger partial charge in [-0.3, -0.25) is 4.79 Å². The van der Waals surface area contributed by atoms with Crippen LogP contribution in [0.25, 0.3) is 0 Å². The maximum atomic E-state index is 11.9. The highest BCUT2D eigenvalue weighted by Crippen LogP contribution is 2.64. The van der Waals surface area contributed by atoms with Crippen molar-refractivity contribution in [1.29, 1.82) is 0 Å². The van der Waals surface area contributed by atoms with E-state index in [2.05, 4.69) is 13.8 Å². The Bertz CT molecular complexity index is 506. The van der Waals surface area contributed by atoms with Gasteiger partial charge in [0.25, 0.3) is 0 Å². The molecule has 0 spiro atoms. The lowest BCUT2D eigenvalue weighted by Crippen LogP contribution is -2.62. The largest absolute Gasteiger partial charge is 0.393 e. The molecule has 3 saturated carbocycles. The van der Waals surface area contributed by atoms with Crippen LogP contribution in [0.2, 0.25) is 0 Å². The summed E-state index contributed by atoms with van der Waals surface area (Å²) in [6.07, 6.45) is 5.97. The predicted molar refractivity (Wildman–Crippen MR) is 85.7 cm³/mol. The Kier molecular flexibility index (Phi) is 3.68. The number of Topliss-reactive ketones (excluding diaryl/α,β-unsaturated/α-hetero) is 1. The number of carbonyl (C=O) groups is 1. The molecule has 1 aliphatic heterocycles. The normalized spacial score (nSPS) is 55.9. The third-order valence-electron chi connectivity index (χ3n) is 8.07. The van der Waals surface area contributed by atoms with E-state index in [-0.39, 0.29) is 29.3 Å². The quantitative estimate of drug-likeness (QED) is 0.806. The number of hydrogen-bond donors (Lipinski definition) is 1. The third kappa shape index (κ3) is 2.11. The summed E-state index contributed by atoms with van der Waals surface area (Å²) in [5.41, 5.74) is 0.0947. The van der Waals surface area contributed by atoms with Gasteiger partial charge in [0.1, 0.15) is 5.78 Å². The standard InChI is InChI=1S/C19H30O4/c1-18-9-7-13-16(12(18)4-5-14(18)21)17(22-3)23-15-10-11(20)6-8-19(13,15)2/h12-17,21H,4-10H2,1-3H3. The predicted octanol–water partition coefficient (Wildman–Crippen LogP) is 2.92. The molecular formula is C19H30O4. The maximum absolute atomic E-state index is 11.9. The van der Waals surface area contributed by atoms with Crippen LogP contribution >= 0.6 is 0 Å². The van der Waals surface area contributed by atoms with Crippen LogP contribution in [0, 0.1) is 28.6 Å². The number of aliphatic hydroxyl groups is 1. The van der Waals surface area contributed by atoms with Crippen LogP contribution in [0.15, 0.2) is 0 Å². The summed E-state index contributed by atoms with van der Waals surface area (Å²) in [6.45, 7) is 4.60. The minimum atomic E-state index is -0.223. The minimum absolute atomic E-state index is 0.00522. The molecule has 4 aliphatic rings. The van der Waals surface area contributed by atoms with E-state index in [0.717, 1.165) is 32.1 Å². The number of fused-ring (bicyclic) bond motifs is 5. The number of hydrogen-bond acceptors (Lipinski definition) is 4. The zero-order chi connectivity index (χ0) is 16.4. The van der Waals surface area contributed by atoms with E-state index < -0.39 is 0 Å². The van der Waals surface area contributed by atoms with Gasteiger partial charge in [0, 0.05) is 25.9 Å². The van der Waals surface area contributed by atoms with Crippen molar-refractivity contribution in [1.82, 2.24) is 0 Å². The van der Waals surface area contributed by atoms with Gasteiger partial charge in [-0.05, 0) is 54.8 Å². The summed E-state index contributed by atoms with van der Waals surface area (Å²) in [6, 6.07) is 0. The maximum Gasteiger partial charge on any atom is 0.160 e. The van der Waals surface area contributed by atoms with Gasteiger partial charge in [-0.25, -0.2) is 0 Å². The zero-order valence-corrected chi connectivity index (χ0v) is 14.6. The molecular weight excluding hydrogens is 292 g/mol. The molecule has 0 aromatic heterocycles. The van der Waals surface area contributed by atoms with Crippen LogP contribution in [0.4, 0.5) is 0 Å². The number of methoxy groups -OCH3 is 1. The van der Waals surface area contributed by atoms with Gasteiger partial charge in [0.15, 0.2) is 6.29 Å². The summed E-state index contributed by atoms with van der Waals surface area (Å²) in [5, 5.41) is 10.5. The van der Waals surface area contributed by atoms with Crippen molar-refractivity contribution in [3.05, 3.63) is 0 Å². The van der Waals surface area contributed by atoms with E-state index in [1.165, 1.54) is 0 Å². The van der Waals surface area contributed by atoms with Gasteiger partial charge in [0.2, 0.25) is 0 Å². The summed E-state index contributed by atoms with van der Waals surface area (Å²) < 4.78 is 12.1. The molecule has 0 aromatic rings. The molecule has 1 saturated heterocycles. The second-order valence-corrected chi connectivity index (χ2v) is 8.91. The number of ether oxygens (including phenoxy) is 2.